The number of hydrogen-bond acceptors (Lipinski definition) is 6. The first-order valence-electron chi connectivity index (χ1n) is 5.26. The molecule has 0 spiro atoms. The molecule has 0 saturated carbocycles. The van der Waals surface area contributed by atoms with E-state index in [-0.39, 0.29) is 18.6 Å². The fourth-order valence-electron chi connectivity index (χ4n) is 1.83. The van der Waals surface area contributed by atoms with E-state index in [0.29, 0.717) is 0 Å². The Morgan fingerprint density at radius 1 is 1.61 bits per heavy atom. The van der Waals surface area contributed by atoms with Crippen molar-refractivity contribution < 1.29 is 14.9 Å². The van der Waals surface area contributed by atoms with Crippen LogP contribution >= 0.6 is 0 Å². The Bertz CT molecular complexity index is 599. The van der Waals surface area contributed by atoms with Crippen LogP contribution in [0.15, 0.2) is 15.8 Å². The molecular weight excluding hydrogens is 242 g/mol. The zero-order valence-electron chi connectivity index (χ0n) is 9.24. The summed E-state index contributed by atoms with van der Waals surface area (Å²) < 4.78 is 6.29. The highest BCUT2D eigenvalue weighted by molar-refractivity contribution is 5.21. The van der Waals surface area contributed by atoms with Gasteiger partial charge in [0.2, 0.25) is 0 Å². The lowest BCUT2D eigenvalue weighted by Crippen LogP contribution is -2.33. The number of nitrogens with zero attached hydrogens (tertiary/aromatic N) is 2. The second-order valence-electron chi connectivity index (χ2n) is 3.94. The maximum Gasteiger partial charge on any atom is 0.330 e. The molecule has 18 heavy (non-hydrogen) atoms. The fraction of sp³-hybridized carbons (Fsp3) is 0.500. The minimum absolute atomic E-state index is 0.0993. The molecule has 0 bridgehead atoms. The van der Waals surface area contributed by atoms with Gasteiger partial charge in [-0.2, -0.15) is 5.26 Å². The van der Waals surface area contributed by atoms with Gasteiger partial charge in [0, 0.05) is 12.6 Å². The van der Waals surface area contributed by atoms with Crippen LogP contribution < -0.4 is 11.2 Å². The second-order valence-corrected chi connectivity index (χ2v) is 3.94. The van der Waals surface area contributed by atoms with Crippen LogP contribution in [0.1, 0.15) is 18.2 Å². The first kappa shape index (κ1) is 12.5. The largest absolute Gasteiger partial charge is 0.394 e. The van der Waals surface area contributed by atoms with Crippen LogP contribution in [0.4, 0.5) is 0 Å². The van der Waals surface area contributed by atoms with Crippen molar-refractivity contribution in [2.75, 3.05) is 6.61 Å². The van der Waals surface area contributed by atoms with Gasteiger partial charge in [0.25, 0.3) is 5.56 Å². The number of aliphatic hydroxyl groups excluding tert-OH is 2. The Morgan fingerprint density at radius 3 is 2.89 bits per heavy atom. The molecule has 0 amide bonds. The van der Waals surface area contributed by atoms with Gasteiger partial charge < -0.3 is 14.9 Å². The van der Waals surface area contributed by atoms with E-state index in [1.54, 1.807) is 6.07 Å². The Balaban J connectivity index is 2.39. The van der Waals surface area contributed by atoms with Gasteiger partial charge in [0.05, 0.1) is 12.7 Å². The molecule has 0 unspecified atom stereocenters. The van der Waals surface area contributed by atoms with Gasteiger partial charge in [-0.25, -0.2) is 4.79 Å². The summed E-state index contributed by atoms with van der Waals surface area (Å²) in [5.41, 5.74) is -1.72. The van der Waals surface area contributed by atoms with Crippen molar-refractivity contribution in [3.8, 4) is 6.07 Å². The van der Waals surface area contributed by atoms with E-state index in [9.17, 15) is 14.7 Å². The lowest BCUT2D eigenvalue weighted by atomic mass is 10.2. The SMILES string of the molecule is N#Cc1cn([C@H]2C[C@@H](O)[C@H](CO)O2)c(=O)[nH]c1=O. The van der Waals surface area contributed by atoms with Crippen LogP contribution in [-0.4, -0.2) is 38.6 Å². The minimum atomic E-state index is -0.899. The molecule has 2 rings (SSSR count). The molecule has 1 aromatic heterocycles. The Labute approximate surface area is 101 Å². The summed E-state index contributed by atoms with van der Waals surface area (Å²) in [7, 11) is 0. The summed E-state index contributed by atoms with van der Waals surface area (Å²) in [6, 6.07) is 1.65. The Kier molecular flexibility index (Phi) is 3.29. The third kappa shape index (κ3) is 2.06. The van der Waals surface area contributed by atoms with Crippen LogP contribution in [0.2, 0.25) is 0 Å². The lowest BCUT2D eigenvalue weighted by Gasteiger charge is -2.14. The number of ether oxygens (including phenoxy) is 1. The van der Waals surface area contributed by atoms with Crippen LogP contribution in [0.5, 0.6) is 0 Å². The zero-order chi connectivity index (χ0) is 13.3. The molecule has 96 valence electrons. The second kappa shape index (κ2) is 4.73. The number of rotatable bonds is 2. The summed E-state index contributed by atoms with van der Waals surface area (Å²) in [5, 5.41) is 27.2. The summed E-state index contributed by atoms with van der Waals surface area (Å²) in [6.07, 6.45) is -1.31. The molecule has 0 radical (unpaired) electrons. The van der Waals surface area contributed by atoms with Gasteiger partial charge in [0.1, 0.15) is 24.0 Å². The van der Waals surface area contributed by atoms with Crippen molar-refractivity contribution in [1.82, 2.24) is 9.55 Å². The number of nitrogens with one attached hydrogen (secondary N) is 1. The van der Waals surface area contributed by atoms with Gasteiger partial charge in [-0.05, 0) is 0 Å². The summed E-state index contributed by atoms with van der Waals surface area (Å²) in [5.74, 6) is 0. The molecule has 1 aliphatic rings. The summed E-state index contributed by atoms with van der Waals surface area (Å²) in [6.45, 7) is -0.374. The predicted molar refractivity (Wildman–Crippen MR) is 57.7 cm³/mol. The van der Waals surface area contributed by atoms with Gasteiger partial charge in [-0.3, -0.25) is 14.3 Å². The van der Waals surface area contributed by atoms with Crippen molar-refractivity contribution in [3.05, 3.63) is 32.6 Å². The molecule has 1 saturated heterocycles. The predicted octanol–water partition coefficient (Wildman–Crippen LogP) is -1.95. The number of aromatic nitrogens is 2. The maximum atomic E-state index is 11.6. The molecule has 0 aliphatic carbocycles. The zero-order valence-corrected chi connectivity index (χ0v) is 9.24. The molecule has 2 heterocycles. The van der Waals surface area contributed by atoms with Crippen LogP contribution in [0.3, 0.4) is 0 Å². The average molecular weight is 253 g/mol. The minimum Gasteiger partial charge on any atom is -0.394 e. The van der Waals surface area contributed by atoms with Crippen LogP contribution in [0, 0.1) is 11.3 Å². The molecule has 3 atom stereocenters. The lowest BCUT2D eigenvalue weighted by molar-refractivity contribution is -0.0459. The van der Waals surface area contributed by atoms with Gasteiger partial charge in [0.15, 0.2) is 0 Å². The van der Waals surface area contributed by atoms with E-state index < -0.39 is 29.7 Å². The molecule has 3 N–H and O–H groups in total. The van der Waals surface area contributed by atoms with Crippen molar-refractivity contribution in [2.45, 2.75) is 24.9 Å². The standard InChI is InChI=1S/C10H11N3O5/c11-2-5-3-13(10(17)12-9(5)16)8-1-6(15)7(4-14)18-8/h3,6-8,14-15H,1,4H2,(H,12,16,17)/t6-,7+,8-/m1/s1. The van der Waals surface area contributed by atoms with E-state index in [4.69, 9.17) is 15.1 Å². The van der Waals surface area contributed by atoms with E-state index in [1.807, 2.05) is 4.98 Å². The maximum absolute atomic E-state index is 11.6. The topological polar surface area (TPSA) is 128 Å². The Morgan fingerprint density at radius 2 is 2.33 bits per heavy atom. The highest BCUT2D eigenvalue weighted by Crippen LogP contribution is 2.27. The van der Waals surface area contributed by atoms with Crippen molar-refractivity contribution in [3.63, 3.8) is 0 Å². The third-order valence-electron chi connectivity index (χ3n) is 2.78. The monoisotopic (exact) mass is 253 g/mol. The third-order valence-corrected chi connectivity index (χ3v) is 2.78. The van der Waals surface area contributed by atoms with Crippen LogP contribution in [0.25, 0.3) is 0 Å². The molecule has 8 heteroatoms. The summed E-state index contributed by atoms with van der Waals surface area (Å²) in [4.78, 5) is 24.8. The molecule has 1 aromatic rings. The van der Waals surface area contributed by atoms with Crippen molar-refractivity contribution >= 4 is 0 Å². The smallest absolute Gasteiger partial charge is 0.330 e. The van der Waals surface area contributed by atoms with E-state index in [2.05, 4.69) is 0 Å². The molecular formula is C10H11N3O5. The number of hydrogen-bond donors (Lipinski definition) is 3. The molecule has 0 aromatic carbocycles. The van der Waals surface area contributed by atoms with E-state index >= 15 is 0 Å². The van der Waals surface area contributed by atoms with Crippen molar-refractivity contribution in [1.29, 1.82) is 5.26 Å². The van der Waals surface area contributed by atoms with Gasteiger partial charge in [-0.15, -0.1) is 0 Å². The number of nitriles is 1. The number of aliphatic hydroxyl groups is 2. The van der Waals surface area contributed by atoms with Gasteiger partial charge >= 0.3 is 5.69 Å². The molecule has 1 aliphatic heterocycles. The fourth-order valence-corrected chi connectivity index (χ4v) is 1.83. The van der Waals surface area contributed by atoms with E-state index in [0.717, 1.165) is 10.8 Å². The number of H-pyrrole nitrogens is 1. The summed E-state index contributed by atoms with van der Waals surface area (Å²) >= 11 is 0. The quantitative estimate of drug-likeness (QED) is 0.562. The van der Waals surface area contributed by atoms with Crippen LogP contribution in [-0.2, 0) is 4.74 Å². The normalized spacial score (nSPS) is 27.1. The van der Waals surface area contributed by atoms with Gasteiger partial charge in [-0.1, -0.05) is 0 Å². The number of aromatic amines is 1. The van der Waals surface area contributed by atoms with E-state index in [1.165, 1.54) is 0 Å². The Hall–Kier alpha value is -1.95. The highest BCUT2D eigenvalue weighted by atomic mass is 16.5. The molecule has 1 fully saturated rings. The first-order valence-corrected chi connectivity index (χ1v) is 5.26. The molecule has 8 nitrogen and oxygen atoms in total. The average Bonchev–Trinajstić information content (AvgIpc) is 2.70. The highest BCUT2D eigenvalue weighted by Gasteiger charge is 2.35. The first-order chi connectivity index (χ1) is 8.56. The van der Waals surface area contributed by atoms with Crippen molar-refractivity contribution in [2.24, 2.45) is 0 Å².